The van der Waals surface area contributed by atoms with Gasteiger partial charge in [-0.05, 0) is 0 Å². The predicted molar refractivity (Wildman–Crippen MR) is 61.6 cm³/mol. The molecule has 92 valence electrons. The van der Waals surface area contributed by atoms with Gasteiger partial charge in [-0.1, -0.05) is 0 Å². The maximum Gasteiger partial charge on any atom is 0.225 e. The Morgan fingerprint density at radius 1 is 1.29 bits per heavy atom. The SMILES string of the molecule is Nc1nc(N)c2c(n1)OC1(CNCCOC1)C2. The number of nitrogens with zero attached hydrogens (tertiary/aromatic N) is 2. The zero-order chi connectivity index (χ0) is 11.9. The molecule has 1 fully saturated rings. The predicted octanol–water partition coefficient (Wildman–Crippen LogP) is -1.07. The Balaban J connectivity index is 1.93. The summed E-state index contributed by atoms with van der Waals surface area (Å²) in [5, 5.41) is 3.28. The van der Waals surface area contributed by atoms with E-state index in [2.05, 4.69) is 15.3 Å². The summed E-state index contributed by atoms with van der Waals surface area (Å²) in [5.74, 6) is 1.02. The van der Waals surface area contributed by atoms with Crippen molar-refractivity contribution in [2.75, 3.05) is 37.8 Å². The lowest BCUT2D eigenvalue weighted by molar-refractivity contribution is 0.00541. The molecular formula is C10H15N5O2. The van der Waals surface area contributed by atoms with E-state index in [0.717, 1.165) is 12.1 Å². The van der Waals surface area contributed by atoms with Crippen LogP contribution in [0.4, 0.5) is 11.8 Å². The second kappa shape index (κ2) is 3.71. The van der Waals surface area contributed by atoms with Crippen LogP contribution in [0.15, 0.2) is 0 Å². The van der Waals surface area contributed by atoms with E-state index in [-0.39, 0.29) is 5.95 Å². The number of fused-ring (bicyclic) bond motifs is 1. The van der Waals surface area contributed by atoms with Gasteiger partial charge in [-0.3, -0.25) is 0 Å². The molecule has 1 saturated heterocycles. The van der Waals surface area contributed by atoms with Gasteiger partial charge in [0.1, 0.15) is 5.82 Å². The van der Waals surface area contributed by atoms with Gasteiger partial charge in [0.2, 0.25) is 11.8 Å². The van der Waals surface area contributed by atoms with Crippen LogP contribution in [0.25, 0.3) is 0 Å². The molecule has 1 spiro atoms. The largest absolute Gasteiger partial charge is 0.466 e. The van der Waals surface area contributed by atoms with Crippen molar-refractivity contribution < 1.29 is 9.47 Å². The molecule has 1 aromatic rings. The lowest BCUT2D eigenvalue weighted by atomic mass is 9.99. The third kappa shape index (κ3) is 1.77. The average Bonchev–Trinajstić information content (AvgIpc) is 2.47. The Kier molecular flexibility index (Phi) is 2.30. The molecule has 0 amide bonds. The zero-order valence-corrected chi connectivity index (χ0v) is 9.40. The highest BCUT2D eigenvalue weighted by molar-refractivity contribution is 5.52. The van der Waals surface area contributed by atoms with Gasteiger partial charge in [0, 0.05) is 19.5 Å². The fourth-order valence-electron chi connectivity index (χ4n) is 2.26. The highest BCUT2D eigenvalue weighted by atomic mass is 16.6. The van der Waals surface area contributed by atoms with E-state index in [0.29, 0.717) is 37.9 Å². The molecular weight excluding hydrogens is 222 g/mol. The molecule has 0 aliphatic carbocycles. The first kappa shape index (κ1) is 10.5. The van der Waals surface area contributed by atoms with Crippen LogP contribution in [0.3, 0.4) is 0 Å². The first-order chi connectivity index (χ1) is 8.19. The van der Waals surface area contributed by atoms with E-state index in [4.69, 9.17) is 20.9 Å². The molecule has 0 saturated carbocycles. The van der Waals surface area contributed by atoms with Gasteiger partial charge in [0.05, 0.1) is 18.8 Å². The number of nitrogens with two attached hydrogens (primary N) is 2. The topological polar surface area (TPSA) is 108 Å². The third-order valence-electron chi connectivity index (χ3n) is 3.07. The smallest absolute Gasteiger partial charge is 0.225 e. The number of aromatic nitrogens is 2. The summed E-state index contributed by atoms with van der Waals surface area (Å²) in [6, 6.07) is 0. The summed E-state index contributed by atoms with van der Waals surface area (Å²) in [6.07, 6.45) is 0.654. The van der Waals surface area contributed by atoms with Gasteiger partial charge in [-0.25, -0.2) is 0 Å². The van der Waals surface area contributed by atoms with Crippen LogP contribution in [0.1, 0.15) is 5.56 Å². The van der Waals surface area contributed by atoms with Crippen molar-refractivity contribution in [3.63, 3.8) is 0 Å². The number of ether oxygens (including phenoxy) is 2. The molecule has 2 aliphatic heterocycles. The van der Waals surface area contributed by atoms with Crippen molar-refractivity contribution >= 4 is 11.8 Å². The summed E-state index contributed by atoms with van der Waals surface area (Å²) in [5.41, 5.74) is 11.8. The molecule has 0 radical (unpaired) electrons. The third-order valence-corrected chi connectivity index (χ3v) is 3.07. The number of nitrogens with one attached hydrogen (secondary N) is 1. The van der Waals surface area contributed by atoms with E-state index in [1.807, 2.05) is 0 Å². The van der Waals surface area contributed by atoms with Crippen LogP contribution in [0.2, 0.25) is 0 Å². The van der Waals surface area contributed by atoms with Crippen molar-refractivity contribution in [2.45, 2.75) is 12.0 Å². The highest BCUT2D eigenvalue weighted by Crippen LogP contribution is 2.37. The van der Waals surface area contributed by atoms with E-state index in [9.17, 15) is 0 Å². The van der Waals surface area contributed by atoms with Crippen LogP contribution < -0.4 is 21.5 Å². The Morgan fingerprint density at radius 2 is 2.18 bits per heavy atom. The molecule has 5 N–H and O–H groups in total. The molecule has 1 aromatic heterocycles. The lowest BCUT2D eigenvalue weighted by Gasteiger charge is -2.25. The minimum atomic E-state index is -0.421. The Bertz CT molecular complexity index is 443. The molecule has 7 nitrogen and oxygen atoms in total. The summed E-state index contributed by atoms with van der Waals surface area (Å²) < 4.78 is 11.4. The van der Waals surface area contributed by atoms with Gasteiger partial charge >= 0.3 is 0 Å². The summed E-state index contributed by atoms with van der Waals surface area (Å²) in [6.45, 7) is 2.74. The van der Waals surface area contributed by atoms with Crippen LogP contribution in [0.5, 0.6) is 5.88 Å². The van der Waals surface area contributed by atoms with Gasteiger partial charge in [0.15, 0.2) is 5.60 Å². The molecule has 1 atom stereocenters. The number of rotatable bonds is 0. The van der Waals surface area contributed by atoms with E-state index in [1.165, 1.54) is 0 Å². The monoisotopic (exact) mass is 237 g/mol. The average molecular weight is 237 g/mol. The molecule has 7 heteroatoms. The minimum Gasteiger partial charge on any atom is -0.466 e. The zero-order valence-electron chi connectivity index (χ0n) is 9.40. The van der Waals surface area contributed by atoms with Crippen molar-refractivity contribution in [1.82, 2.24) is 15.3 Å². The summed E-state index contributed by atoms with van der Waals surface area (Å²) >= 11 is 0. The molecule has 3 heterocycles. The maximum absolute atomic E-state index is 5.88. The Morgan fingerprint density at radius 3 is 3.06 bits per heavy atom. The van der Waals surface area contributed by atoms with Gasteiger partial charge < -0.3 is 26.3 Å². The maximum atomic E-state index is 5.88. The normalized spacial score (nSPS) is 27.5. The first-order valence-electron chi connectivity index (χ1n) is 5.58. The van der Waals surface area contributed by atoms with Gasteiger partial charge in [0.25, 0.3) is 0 Å². The minimum absolute atomic E-state index is 0.140. The molecule has 17 heavy (non-hydrogen) atoms. The Labute approximate surface area is 98.5 Å². The standard InChI is InChI=1S/C10H15N5O2/c11-7-6-3-10(4-13-1-2-16-5-10)17-8(6)15-9(12)14-7/h13H,1-5H2,(H4,11,12,14,15). The lowest BCUT2D eigenvalue weighted by Crippen LogP contribution is -2.46. The molecule has 1 unspecified atom stereocenters. The van der Waals surface area contributed by atoms with Crippen molar-refractivity contribution in [3.8, 4) is 5.88 Å². The second-order valence-electron chi connectivity index (χ2n) is 4.44. The number of anilines is 2. The van der Waals surface area contributed by atoms with Crippen molar-refractivity contribution in [1.29, 1.82) is 0 Å². The number of hydrogen-bond acceptors (Lipinski definition) is 7. The van der Waals surface area contributed by atoms with E-state index >= 15 is 0 Å². The van der Waals surface area contributed by atoms with Crippen LogP contribution >= 0.6 is 0 Å². The van der Waals surface area contributed by atoms with Gasteiger partial charge in [-0.2, -0.15) is 9.97 Å². The summed E-state index contributed by atoms with van der Waals surface area (Å²) in [4.78, 5) is 8.03. The summed E-state index contributed by atoms with van der Waals surface area (Å²) in [7, 11) is 0. The Hall–Kier alpha value is -1.60. The second-order valence-corrected chi connectivity index (χ2v) is 4.44. The van der Waals surface area contributed by atoms with Crippen molar-refractivity contribution in [2.24, 2.45) is 0 Å². The van der Waals surface area contributed by atoms with E-state index in [1.54, 1.807) is 0 Å². The van der Waals surface area contributed by atoms with Crippen LogP contribution in [-0.2, 0) is 11.2 Å². The van der Waals surface area contributed by atoms with E-state index < -0.39 is 5.60 Å². The first-order valence-corrected chi connectivity index (χ1v) is 5.58. The molecule has 2 aliphatic rings. The van der Waals surface area contributed by atoms with Crippen molar-refractivity contribution in [3.05, 3.63) is 5.56 Å². The van der Waals surface area contributed by atoms with Gasteiger partial charge in [-0.15, -0.1) is 0 Å². The number of hydrogen-bond donors (Lipinski definition) is 3. The molecule has 3 rings (SSSR count). The highest BCUT2D eigenvalue weighted by Gasteiger charge is 2.42. The molecule has 0 bridgehead atoms. The molecule has 0 aromatic carbocycles. The number of nitrogen functional groups attached to an aromatic ring is 2. The van der Waals surface area contributed by atoms with Crippen LogP contribution in [-0.4, -0.2) is 41.9 Å². The quantitative estimate of drug-likeness (QED) is 0.527. The van der Waals surface area contributed by atoms with Crippen LogP contribution in [0, 0.1) is 0 Å². The fraction of sp³-hybridized carbons (Fsp3) is 0.600. The fourth-order valence-corrected chi connectivity index (χ4v) is 2.26.